The maximum absolute atomic E-state index is 14.1. The number of hydrogen-bond donors (Lipinski definition) is 1. The fraction of sp³-hybridized carbons (Fsp3) is 0.381. The molecule has 0 unspecified atom stereocenters. The van der Waals surface area contributed by atoms with Gasteiger partial charge in [0.2, 0.25) is 5.91 Å². The third kappa shape index (κ3) is 3.16. The van der Waals surface area contributed by atoms with E-state index in [0.717, 1.165) is 0 Å². The Morgan fingerprint density at radius 2 is 1.97 bits per heavy atom. The van der Waals surface area contributed by atoms with E-state index in [1.54, 1.807) is 26.0 Å². The first-order valence-electron chi connectivity index (χ1n) is 9.53. The van der Waals surface area contributed by atoms with Crippen molar-refractivity contribution in [2.45, 2.75) is 52.6 Å². The van der Waals surface area contributed by atoms with Gasteiger partial charge in [0.05, 0.1) is 17.7 Å². The molecule has 0 saturated heterocycles. The summed E-state index contributed by atoms with van der Waals surface area (Å²) < 4.78 is 43.5. The van der Waals surface area contributed by atoms with Crippen molar-refractivity contribution in [2.24, 2.45) is 0 Å². The van der Waals surface area contributed by atoms with Crippen molar-refractivity contribution in [2.75, 3.05) is 5.32 Å². The Balaban J connectivity index is 2.09. The molecule has 0 saturated carbocycles. The lowest BCUT2D eigenvalue weighted by Crippen LogP contribution is -2.13. The number of rotatable bonds is 3. The SMILES string of the molecule is CCc1cc(C(F)(F)F)c(-c2cc(C)c3c(c2)CC(=O)N3)n2nc(C(C)C)nc12. The van der Waals surface area contributed by atoms with Crippen LogP contribution in [-0.4, -0.2) is 20.5 Å². The predicted molar refractivity (Wildman–Crippen MR) is 104 cm³/mol. The largest absolute Gasteiger partial charge is 0.418 e. The summed E-state index contributed by atoms with van der Waals surface area (Å²) in [4.78, 5) is 16.3. The van der Waals surface area contributed by atoms with E-state index in [0.29, 0.717) is 45.8 Å². The molecule has 0 fully saturated rings. The van der Waals surface area contributed by atoms with Crippen LogP contribution in [0.15, 0.2) is 18.2 Å². The average molecular weight is 402 g/mol. The summed E-state index contributed by atoms with van der Waals surface area (Å²) in [7, 11) is 0. The minimum atomic E-state index is -4.56. The summed E-state index contributed by atoms with van der Waals surface area (Å²) in [6.45, 7) is 7.39. The van der Waals surface area contributed by atoms with Gasteiger partial charge in [0.25, 0.3) is 0 Å². The smallest absolute Gasteiger partial charge is 0.325 e. The quantitative estimate of drug-likeness (QED) is 0.678. The van der Waals surface area contributed by atoms with E-state index in [-0.39, 0.29) is 23.9 Å². The van der Waals surface area contributed by atoms with Gasteiger partial charge in [-0.05, 0) is 48.2 Å². The second kappa shape index (κ2) is 6.57. The van der Waals surface area contributed by atoms with Crippen LogP contribution >= 0.6 is 0 Å². The molecular weight excluding hydrogens is 381 g/mol. The molecule has 1 aliphatic rings. The Kier molecular flexibility index (Phi) is 4.40. The van der Waals surface area contributed by atoms with E-state index in [4.69, 9.17) is 0 Å². The second-order valence-electron chi connectivity index (χ2n) is 7.70. The first-order chi connectivity index (χ1) is 13.6. The van der Waals surface area contributed by atoms with Crippen molar-refractivity contribution in [3.8, 4) is 11.3 Å². The van der Waals surface area contributed by atoms with Crippen LogP contribution in [-0.2, 0) is 23.8 Å². The zero-order valence-electron chi connectivity index (χ0n) is 16.6. The van der Waals surface area contributed by atoms with Crippen LogP contribution in [0.3, 0.4) is 0 Å². The Hall–Kier alpha value is -2.90. The first kappa shape index (κ1) is 19.4. The highest BCUT2D eigenvalue weighted by molar-refractivity contribution is 6.00. The van der Waals surface area contributed by atoms with Crippen molar-refractivity contribution >= 4 is 17.2 Å². The maximum Gasteiger partial charge on any atom is 0.418 e. The highest BCUT2D eigenvalue weighted by Crippen LogP contribution is 2.41. The molecule has 5 nitrogen and oxygen atoms in total. The molecule has 1 N–H and O–H groups in total. The normalized spacial score (nSPS) is 14.0. The standard InChI is InChI=1S/C21H21F3N4O/c1-5-12-8-15(21(22,23)24)18(28-20(12)26-19(27-28)10(2)3)14-6-11(4)17-13(7-14)9-16(29)25-17/h6-8,10H,5,9H2,1-4H3,(H,25,29). The first-order valence-corrected chi connectivity index (χ1v) is 9.53. The van der Waals surface area contributed by atoms with E-state index < -0.39 is 11.7 Å². The molecule has 0 radical (unpaired) electrons. The lowest BCUT2D eigenvalue weighted by molar-refractivity contribution is -0.137. The van der Waals surface area contributed by atoms with E-state index in [1.165, 1.54) is 10.6 Å². The highest BCUT2D eigenvalue weighted by atomic mass is 19.4. The number of amides is 1. The molecule has 0 bridgehead atoms. The van der Waals surface area contributed by atoms with Crippen molar-refractivity contribution in [3.05, 3.63) is 46.3 Å². The van der Waals surface area contributed by atoms with Gasteiger partial charge in [0.15, 0.2) is 11.5 Å². The van der Waals surface area contributed by atoms with Crippen LogP contribution in [0.2, 0.25) is 0 Å². The van der Waals surface area contributed by atoms with Gasteiger partial charge in [0.1, 0.15) is 0 Å². The number of nitrogens with one attached hydrogen (secondary N) is 1. The van der Waals surface area contributed by atoms with E-state index in [2.05, 4.69) is 15.4 Å². The molecule has 0 atom stereocenters. The number of nitrogens with zero attached hydrogens (tertiary/aromatic N) is 3. The van der Waals surface area contributed by atoms with Crippen LogP contribution in [0.25, 0.3) is 16.9 Å². The lowest BCUT2D eigenvalue weighted by atomic mass is 9.97. The Labute approximate surface area is 166 Å². The van der Waals surface area contributed by atoms with E-state index in [1.807, 2.05) is 13.8 Å². The third-order valence-corrected chi connectivity index (χ3v) is 5.20. The average Bonchev–Trinajstić information content (AvgIpc) is 3.23. The Morgan fingerprint density at radius 1 is 1.24 bits per heavy atom. The number of anilines is 1. The minimum Gasteiger partial charge on any atom is -0.325 e. The minimum absolute atomic E-state index is 0.0228. The number of pyridine rings is 1. The lowest BCUT2D eigenvalue weighted by Gasteiger charge is -2.17. The number of benzene rings is 1. The molecule has 4 rings (SSSR count). The predicted octanol–water partition coefficient (Wildman–Crippen LogP) is 4.90. The van der Waals surface area contributed by atoms with Crippen molar-refractivity contribution in [1.82, 2.24) is 14.6 Å². The number of aromatic nitrogens is 3. The van der Waals surface area contributed by atoms with Crippen LogP contribution in [0.5, 0.6) is 0 Å². The van der Waals surface area contributed by atoms with Gasteiger partial charge in [0, 0.05) is 17.2 Å². The van der Waals surface area contributed by atoms with Crippen LogP contribution in [0.4, 0.5) is 18.9 Å². The molecule has 29 heavy (non-hydrogen) atoms. The van der Waals surface area contributed by atoms with Gasteiger partial charge >= 0.3 is 6.18 Å². The van der Waals surface area contributed by atoms with Crippen LogP contribution in [0.1, 0.15) is 54.8 Å². The summed E-state index contributed by atoms with van der Waals surface area (Å²) in [5.41, 5.74) is 2.59. The monoisotopic (exact) mass is 402 g/mol. The summed E-state index contributed by atoms with van der Waals surface area (Å²) >= 11 is 0. The molecular formula is C21H21F3N4O. The summed E-state index contributed by atoms with van der Waals surface area (Å²) in [6, 6.07) is 4.48. The van der Waals surface area contributed by atoms with Crippen LogP contribution in [0, 0.1) is 6.92 Å². The number of fused-ring (bicyclic) bond motifs is 2. The summed E-state index contributed by atoms with van der Waals surface area (Å²) in [5, 5.41) is 7.20. The molecule has 3 heterocycles. The molecule has 0 spiro atoms. The fourth-order valence-corrected chi connectivity index (χ4v) is 3.78. The molecule has 1 amide bonds. The van der Waals surface area contributed by atoms with Crippen molar-refractivity contribution in [1.29, 1.82) is 0 Å². The number of carbonyl (C=O) groups is 1. The fourth-order valence-electron chi connectivity index (χ4n) is 3.78. The van der Waals surface area contributed by atoms with Crippen LogP contribution < -0.4 is 5.32 Å². The van der Waals surface area contributed by atoms with Gasteiger partial charge in [-0.1, -0.05) is 20.8 Å². The number of halogens is 3. The zero-order chi connectivity index (χ0) is 21.1. The number of hydrogen-bond acceptors (Lipinski definition) is 3. The summed E-state index contributed by atoms with van der Waals surface area (Å²) in [6.07, 6.45) is -4.00. The molecule has 8 heteroatoms. The van der Waals surface area contributed by atoms with Gasteiger partial charge in [-0.3, -0.25) is 4.79 Å². The van der Waals surface area contributed by atoms with Crippen molar-refractivity contribution < 1.29 is 18.0 Å². The Bertz CT molecular complexity index is 1150. The van der Waals surface area contributed by atoms with Gasteiger partial charge in [-0.15, -0.1) is 0 Å². The Morgan fingerprint density at radius 3 is 2.59 bits per heavy atom. The maximum atomic E-state index is 14.1. The molecule has 1 aliphatic heterocycles. The number of alkyl halides is 3. The number of carbonyl (C=O) groups excluding carboxylic acids is 1. The third-order valence-electron chi connectivity index (χ3n) is 5.20. The highest BCUT2D eigenvalue weighted by Gasteiger charge is 2.37. The molecule has 2 aromatic heterocycles. The van der Waals surface area contributed by atoms with Crippen molar-refractivity contribution in [3.63, 3.8) is 0 Å². The zero-order valence-corrected chi connectivity index (χ0v) is 16.6. The molecule has 0 aliphatic carbocycles. The molecule has 152 valence electrons. The van der Waals surface area contributed by atoms with E-state index in [9.17, 15) is 18.0 Å². The van der Waals surface area contributed by atoms with E-state index >= 15 is 0 Å². The topological polar surface area (TPSA) is 59.3 Å². The van der Waals surface area contributed by atoms with Gasteiger partial charge < -0.3 is 5.32 Å². The number of aryl methyl sites for hydroxylation is 2. The summed E-state index contributed by atoms with van der Waals surface area (Å²) in [5.74, 6) is 0.311. The molecule has 1 aromatic carbocycles. The van der Waals surface area contributed by atoms with Gasteiger partial charge in [-0.2, -0.15) is 18.3 Å². The molecule has 3 aromatic rings. The van der Waals surface area contributed by atoms with Gasteiger partial charge in [-0.25, -0.2) is 9.50 Å². The second-order valence-corrected chi connectivity index (χ2v) is 7.70.